The largest absolute Gasteiger partial charge is 0.497 e. The molecule has 0 radical (unpaired) electrons. The van der Waals surface area contributed by atoms with Gasteiger partial charge < -0.3 is 15.0 Å². The van der Waals surface area contributed by atoms with E-state index in [4.69, 9.17) is 4.74 Å². The summed E-state index contributed by atoms with van der Waals surface area (Å²) < 4.78 is 32.3. The van der Waals surface area contributed by atoms with Gasteiger partial charge in [0.1, 0.15) is 11.8 Å². The van der Waals surface area contributed by atoms with Crippen molar-refractivity contribution in [1.82, 2.24) is 14.5 Å². The number of amides is 2. The fourth-order valence-electron chi connectivity index (χ4n) is 4.16. The molecule has 2 aromatic rings. The number of hydrogen-bond acceptors (Lipinski definition) is 5. The summed E-state index contributed by atoms with van der Waals surface area (Å²) in [6.07, 6.45) is 4.02. The molecule has 1 fully saturated rings. The lowest BCUT2D eigenvalue weighted by Gasteiger charge is -2.31. The van der Waals surface area contributed by atoms with E-state index in [-0.39, 0.29) is 29.9 Å². The van der Waals surface area contributed by atoms with Gasteiger partial charge in [-0.2, -0.15) is 4.31 Å². The monoisotopic (exact) mass is 501 g/mol. The van der Waals surface area contributed by atoms with Crippen LogP contribution in [0, 0.1) is 6.92 Å². The minimum atomic E-state index is -3.86. The van der Waals surface area contributed by atoms with Gasteiger partial charge in [-0.15, -0.1) is 0 Å². The molecule has 1 saturated carbocycles. The zero-order chi connectivity index (χ0) is 25.6. The zero-order valence-corrected chi connectivity index (χ0v) is 21.7. The maximum atomic E-state index is 13.4. The molecule has 1 atom stereocenters. The first-order valence-corrected chi connectivity index (χ1v) is 13.3. The molecule has 1 N–H and O–H groups in total. The van der Waals surface area contributed by atoms with Crippen LogP contribution in [-0.4, -0.2) is 62.2 Å². The van der Waals surface area contributed by atoms with Gasteiger partial charge in [-0.25, -0.2) is 8.42 Å². The van der Waals surface area contributed by atoms with Crippen molar-refractivity contribution in [2.45, 2.75) is 63.1 Å². The SMILES string of the molecule is COc1ccc(CN(C(=O)CN(C)S(=O)(=O)c2ccc(C)cc2)[C@H](C)C(=O)NC2CCCC2)cc1. The molecule has 9 heteroatoms. The smallest absolute Gasteiger partial charge is 0.243 e. The summed E-state index contributed by atoms with van der Waals surface area (Å²) >= 11 is 0. The minimum Gasteiger partial charge on any atom is -0.497 e. The quantitative estimate of drug-likeness (QED) is 0.540. The Morgan fingerprint density at radius 1 is 1.06 bits per heavy atom. The summed E-state index contributed by atoms with van der Waals surface area (Å²) in [4.78, 5) is 28.0. The highest BCUT2D eigenvalue weighted by molar-refractivity contribution is 7.89. The molecule has 0 heterocycles. The lowest BCUT2D eigenvalue weighted by molar-refractivity contribution is -0.140. The number of benzene rings is 2. The Morgan fingerprint density at radius 2 is 1.66 bits per heavy atom. The van der Waals surface area contributed by atoms with Crippen LogP contribution in [-0.2, 0) is 26.2 Å². The van der Waals surface area contributed by atoms with Gasteiger partial charge in [-0.3, -0.25) is 9.59 Å². The summed E-state index contributed by atoms with van der Waals surface area (Å²) in [5, 5.41) is 3.05. The van der Waals surface area contributed by atoms with Gasteiger partial charge in [-0.05, 0) is 56.5 Å². The van der Waals surface area contributed by atoms with Crippen molar-refractivity contribution in [2.75, 3.05) is 20.7 Å². The second-order valence-electron chi connectivity index (χ2n) is 9.11. The Labute approximate surface area is 208 Å². The highest BCUT2D eigenvalue weighted by atomic mass is 32.2. The van der Waals surface area contributed by atoms with E-state index in [0.29, 0.717) is 5.75 Å². The van der Waals surface area contributed by atoms with E-state index < -0.39 is 22.0 Å². The van der Waals surface area contributed by atoms with Crippen molar-refractivity contribution >= 4 is 21.8 Å². The molecule has 0 aliphatic heterocycles. The first kappa shape index (κ1) is 26.7. The molecule has 8 nitrogen and oxygen atoms in total. The highest BCUT2D eigenvalue weighted by Gasteiger charge is 2.31. The summed E-state index contributed by atoms with van der Waals surface area (Å²) in [7, 11) is -0.911. The van der Waals surface area contributed by atoms with Crippen molar-refractivity contribution in [1.29, 1.82) is 0 Å². The molecule has 190 valence electrons. The van der Waals surface area contributed by atoms with Gasteiger partial charge in [0.2, 0.25) is 21.8 Å². The number of likely N-dealkylation sites (N-methyl/N-ethyl adjacent to an activating group) is 1. The molecule has 3 rings (SSSR count). The number of ether oxygens (including phenoxy) is 1. The molecular formula is C26H35N3O5S. The van der Waals surface area contributed by atoms with Gasteiger partial charge in [0, 0.05) is 19.6 Å². The second-order valence-corrected chi connectivity index (χ2v) is 11.2. The van der Waals surface area contributed by atoms with E-state index in [0.717, 1.165) is 41.1 Å². The van der Waals surface area contributed by atoms with Gasteiger partial charge in [0.25, 0.3) is 0 Å². The molecule has 0 aromatic heterocycles. The van der Waals surface area contributed by atoms with Crippen molar-refractivity contribution in [3.05, 3.63) is 59.7 Å². The fourth-order valence-corrected chi connectivity index (χ4v) is 5.28. The third-order valence-corrected chi connectivity index (χ3v) is 8.29. The number of rotatable bonds is 10. The number of hydrogen-bond donors (Lipinski definition) is 1. The molecule has 0 unspecified atom stereocenters. The van der Waals surface area contributed by atoms with Crippen LogP contribution in [0.5, 0.6) is 5.75 Å². The average molecular weight is 502 g/mol. The first-order chi connectivity index (χ1) is 16.6. The number of carbonyl (C=O) groups is 2. The number of aryl methyl sites for hydroxylation is 1. The Bertz CT molecular complexity index is 1110. The lowest BCUT2D eigenvalue weighted by Crippen LogP contribution is -2.52. The van der Waals surface area contributed by atoms with Crippen molar-refractivity contribution in [3.8, 4) is 5.75 Å². The number of carbonyl (C=O) groups excluding carboxylic acids is 2. The van der Waals surface area contributed by atoms with Crippen molar-refractivity contribution in [2.24, 2.45) is 0 Å². The predicted molar refractivity (Wildman–Crippen MR) is 134 cm³/mol. The van der Waals surface area contributed by atoms with E-state index in [9.17, 15) is 18.0 Å². The number of nitrogens with one attached hydrogen (secondary N) is 1. The van der Waals surface area contributed by atoms with E-state index in [1.807, 2.05) is 19.1 Å². The molecule has 2 amide bonds. The Hall–Kier alpha value is -2.91. The minimum absolute atomic E-state index is 0.118. The fraction of sp³-hybridized carbons (Fsp3) is 0.462. The van der Waals surface area contributed by atoms with Gasteiger partial charge in [-0.1, -0.05) is 42.7 Å². The standard InChI is InChI=1S/C26H35N3O5S/c1-19-9-15-24(16-10-19)35(32,33)28(3)18-25(30)29(17-21-11-13-23(34-4)14-12-21)20(2)26(31)27-22-7-5-6-8-22/h9-16,20,22H,5-8,17-18H2,1-4H3,(H,27,31)/t20-/m1/s1. The molecule has 35 heavy (non-hydrogen) atoms. The van der Waals surface area contributed by atoms with Crippen molar-refractivity contribution < 1.29 is 22.7 Å². The molecule has 0 saturated heterocycles. The molecule has 1 aliphatic rings. The number of nitrogens with zero attached hydrogens (tertiary/aromatic N) is 2. The summed E-state index contributed by atoms with van der Waals surface area (Å²) in [6, 6.07) is 13.1. The molecule has 1 aliphatic carbocycles. The Kier molecular flexibility index (Phi) is 8.91. The van der Waals surface area contributed by atoms with Gasteiger partial charge in [0.05, 0.1) is 18.6 Å². The van der Waals surface area contributed by atoms with Crippen LogP contribution in [0.2, 0.25) is 0 Å². The number of methoxy groups -OCH3 is 1. The molecule has 0 spiro atoms. The summed E-state index contributed by atoms with van der Waals surface area (Å²) in [5.41, 5.74) is 1.75. The van der Waals surface area contributed by atoms with E-state index >= 15 is 0 Å². The van der Waals surface area contributed by atoms with Gasteiger partial charge >= 0.3 is 0 Å². The zero-order valence-electron chi connectivity index (χ0n) is 20.9. The van der Waals surface area contributed by atoms with Crippen LogP contribution in [0.4, 0.5) is 0 Å². The van der Waals surface area contributed by atoms with E-state index in [1.165, 1.54) is 24.1 Å². The van der Waals surface area contributed by atoms with Crippen LogP contribution >= 0.6 is 0 Å². The third-order valence-electron chi connectivity index (χ3n) is 6.47. The summed E-state index contributed by atoms with van der Waals surface area (Å²) in [6.45, 7) is 3.34. The predicted octanol–water partition coefficient (Wildman–Crippen LogP) is 3.10. The second kappa shape index (κ2) is 11.7. The van der Waals surface area contributed by atoms with Crippen LogP contribution in [0.25, 0.3) is 0 Å². The first-order valence-electron chi connectivity index (χ1n) is 11.9. The lowest BCUT2D eigenvalue weighted by atomic mass is 10.1. The van der Waals surface area contributed by atoms with Crippen LogP contribution < -0.4 is 10.1 Å². The summed E-state index contributed by atoms with van der Waals surface area (Å²) in [5.74, 6) is -0.00143. The Morgan fingerprint density at radius 3 is 2.23 bits per heavy atom. The van der Waals surface area contributed by atoms with E-state index in [1.54, 1.807) is 38.3 Å². The van der Waals surface area contributed by atoms with Crippen molar-refractivity contribution in [3.63, 3.8) is 0 Å². The highest BCUT2D eigenvalue weighted by Crippen LogP contribution is 2.20. The normalized spacial score (nSPS) is 15.1. The van der Waals surface area contributed by atoms with Gasteiger partial charge in [0.15, 0.2) is 0 Å². The maximum absolute atomic E-state index is 13.4. The Balaban J connectivity index is 1.79. The third kappa shape index (κ3) is 6.82. The average Bonchev–Trinajstić information content (AvgIpc) is 3.35. The molecule has 2 aromatic carbocycles. The molecular weight excluding hydrogens is 466 g/mol. The van der Waals surface area contributed by atoms with Crippen LogP contribution in [0.1, 0.15) is 43.7 Å². The topological polar surface area (TPSA) is 96.0 Å². The maximum Gasteiger partial charge on any atom is 0.243 e. The molecule has 0 bridgehead atoms. The van der Waals surface area contributed by atoms with Crippen LogP contribution in [0.15, 0.2) is 53.4 Å². The number of sulfonamides is 1. The van der Waals surface area contributed by atoms with E-state index in [2.05, 4.69) is 5.32 Å². The van der Waals surface area contributed by atoms with Crippen LogP contribution in [0.3, 0.4) is 0 Å².